The smallest absolute Gasteiger partial charge is 0.261 e. The molecule has 2 aromatic carbocycles. The molecule has 0 spiro atoms. The SMILES string of the molecule is CCCOc1ccc(S(=O)(=O)Nc2ccc(F)cc2)cc1. The number of ether oxygens (including phenoxy) is 1. The lowest BCUT2D eigenvalue weighted by atomic mass is 10.3. The van der Waals surface area contributed by atoms with Crippen LogP contribution in [0.2, 0.25) is 0 Å². The van der Waals surface area contributed by atoms with E-state index in [9.17, 15) is 12.8 Å². The Morgan fingerprint density at radius 1 is 1.05 bits per heavy atom. The minimum Gasteiger partial charge on any atom is -0.494 e. The van der Waals surface area contributed by atoms with Crippen LogP contribution in [0.5, 0.6) is 5.75 Å². The summed E-state index contributed by atoms with van der Waals surface area (Å²) in [5.41, 5.74) is 0.308. The molecule has 112 valence electrons. The monoisotopic (exact) mass is 309 g/mol. The van der Waals surface area contributed by atoms with Crippen molar-refractivity contribution in [2.75, 3.05) is 11.3 Å². The van der Waals surface area contributed by atoms with Crippen molar-refractivity contribution < 1.29 is 17.5 Å². The molecule has 0 unspecified atom stereocenters. The van der Waals surface area contributed by atoms with E-state index in [2.05, 4.69) is 4.72 Å². The minimum absolute atomic E-state index is 0.121. The Hall–Kier alpha value is -2.08. The normalized spacial score (nSPS) is 11.1. The Bertz CT molecular complexity index is 682. The summed E-state index contributed by atoms with van der Waals surface area (Å²) in [7, 11) is -3.69. The van der Waals surface area contributed by atoms with E-state index >= 15 is 0 Å². The number of hydrogen-bond donors (Lipinski definition) is 1. The Morgan fingerprint density at radius 2 is 1.67 bits per heavy atom. The second kappa shape index (κ2) is 6.58. The fourth-order valence-corrected chi connectivity index (χ4v) is 2.73. The molecule has 0 bridgehead atoms. The van der Waals surface area contributed by atoms with Gasteiger partial charge in [0, 0.05) is 5.69 Å². The fraction of sp³-hybridized carbons (Fsp3) is 0.200. The molecule has 0 fully saturated rings. The summed E-state index contributed by atoms with van der Waals surface area (Å²) in [6.45, 7) is 2.57. The van der Waals surface area contributed by atoms with E-state index in [0.717, 1.165) is 6.42 Å². The van der Waals surface area contributed by atoms with Crippen LogP contribution in [0, 0.1) is 5.82 Å². The van der Waals surface area contributed by atoms with Gasteiger partial charge in [0.25, 0.3) is 10.0 Å². The van der Waals surface area contributed by atoms with Crippen molar-refractivity contribution in [3.8, 4) is 5.75 Å². The van der Waals surface area contributed by atoms with Crippen molar-refractivity contribution in [1.82, 2.24) is 0 Å². The zero-order valence-electron chi connectivity index (χ0n) is 11.5. The molecule has 0 atom stereocenters. The van der Waals surface area contributed by atoms with Crippen LogP contribution in [0.4, 0.5) is 10.1 Å². The minimum atomic E-state index is -3.69. The van der Waals surface area contributed by atoms with Crippen LogP contribution in [-0.4, -0.2) is 15.0 Å². The third kappa shape index (κ3) is 4.19. The first kappa shape index (κ1) is 15.3. The Morgan fingerprint density at radius 3 is 2.24 bits per heavy atom. The summed E-state index contributed by atoms with van der Waals surface area (Å²) < 4.78 is 44.9. The van der Waals surface area contributed by atoms with E-state index in [1.165, 1.54) is 36.4 Å². The van der Waals surface area contributed by atoms with Crippen LogP contribution in [-0.2, 0) is 10.0 Å². The van der Waals surface area contributed by atoms with E-state index in [1.807, 2.05) is 6.92 Å². The van der Waals surface area contributed by atoms with E-state index in [1.54, 1.807) is 12.1 Å². The molecule has 0 aliphatic rings. The molecule has 0 amide bonds. The highest BCUT2D eigenvalue weighted by Gasteiger charge is 2.14. The zero-order valence-corrected chi connectivity index (χ0v) is 12.4. The number of sulfonamides is 1. The molecule has 0 aromatic heterocycles. The highest BCUT2D eigenvalue weighted by Crippen LogP contribution is 2.19. The number of hydrogen-bond acceptors (Lipinski definition) is 3. The van der Waals surface area contributed by atoms with Crippen LogP contribution in [0.1, 0.15) is 13.3 Å². The predicted molar refractivity (Wildman–Crippen MR) is 79.4 cm³/mol. The van der Waals surface area contributed by atoms with E-state index in [-0.39, 0.29) is 4.90 Å². The lowest BCUT2D eigenvalue weighted by Gasteiger charge is -2.09. The molecule has 0 saturated carbocycles. The van der Waals surface area contributed by atoms with Crippen molar-refractivity contribution >= 4 is 15.7 Å². The van der Waals surface area contributed by atoms with Gasteiger partial charge in [0.2, 0.25) is 0 Å². The van der Waals surface area contributed by atoms with Crippen molar-refractivity contribution in [3.05, 3.63) is 54.3 Å². The lowest BCUT2D eigenvalue weighted by Crippen LogP contribution is -2.12. The van der Waals surface area contributed by atoms with Crippen LogP contribution in [0.15, 0.2) is 53.4 Å². The summed E-state index contributed by atoms with van der Waals surface area (Å²) >= 11 is 0. The lowest BCUT2D eigenvalue weighted by molar-refractivity contribution is 0.317. The third-order valence-electron chi connectivity index (χ3n) is 2.70. The van der Waals surface area contributed by atoms with Gasteiger partial charge in [-0.25, -0.2) is 12.8 Å². The largest absolute Gasteiger partial charge is 0.494 e. The average molecular weight is 309 g/mol. The van der Waals surface area contributed by atoms with Gasteiger partial charge in [-0.2, -0.15) is 0 Å². The molecule has 0 saturated heterocycles. The van der Waals surface area contributed by atoms with E-state index < -0.39 is 15.8 Å². The Balaban J connectivity index is 2.13. The van der Waals surface area contributed by atoms with Gasteiger partial charge >= 0.3 is 0 Å². The zero-order chi connectivity index (χ0) is 15.3. The molecule has 6 heteroatoms. The van der Waals surface area contributed by atoms with Gasteiger partial charge in [0.05, 0.1) is 11.5 Å². The summed E-state index contributed by atoms with van der Waals surface area (Å²) in [4.78, 5) is 0.121. The van der Waals surface area contributed by atoms with E-state index in [0.29, 0.717) is 18.0 Å². The maximum absolute atomic E-state index is 12.8. The molecule has 0 aliphatic heterocycles. The fourth-order valence-electron chi connectivity index (χ4n) is 1.67. The summed E-state index contributed by atoms with van der Waals surface area (Å²) in [5.74, 6) is 0.202. The maximum Gasteiger partial charge on any atom is 0.261 e. The highest BCUT2D eigenvalue weighted by molar-refractivity contribution is 7.92. The molecule has 1 N–H and O–H groups in total. The van der Waals surface area contributed by atoms with Crippen molar-refractivity contribution in [2.24, 2.45) is 0 Å². The topological polar surface area (TPSA) is 55.4 Å². The molecule has 2 aromatic rings. The standard InChI is InChI=1S/C15H16FNO3S/c1-2-11-20-14-7-9-15(10-8-14)21(18,19)17-13-5-3-12(16)4-6-13/h3-10,17H,2,11H2,1H3. The predicted octanol–water partition coefficient (Wildman–Crippen LogP) is 3.42. The third-order valence-corrected chi connectivity index (χ3v) is 4.10. The van der Waals surface area contributed by atoms with Crippen molar-refractivity contribution in [1.29, 1.82) is 0 Å². The van der Waals surface area contributed by atoms with Gasteiger partial charge in [-0.1, -0.05) is 6.92 Å². The summed E-state index contributed by atoms with van der Waals surface area (Å²) in [6, 6.07) is 11.3. The average Bonchev–Trinajstić information content (AvgIpc) is 2.48. The first-order chi connectivity index (χ1) is 10.0. The van der Waals surface area contributed by atoms with Gasteiger partial charge in [0.15, 0.2) is 0 Å². The number of anilines is 1. The molecule has 21 heavy (non-hydrogen) atoms. The molecule has 4 nitrogen and oxygen atoms in total. The van der Waals surface area contributed by atoms with Gasteiger partial charge in [0.1, 0.15) is 11.6 Å². The maximum atomic E-state index is 12.8. The number of benzene rings is 2. The second-order valence-corrected chi connectivity index (χ2v) is 6.11. The number of rotatable bonds is 6. The van der Waals surface area contributed by atoms with E-state index in [4.69, 9.17) is 4.74 Å². The summed E-state index contributed by atoms with van der Waals surface area (Å²) in [5, 5.41) is 0. The van der Waals surface area contributed by atoms with Crippen LogP contribution in [0.3, 0.4) is 0 Å². The quantitative estimate of drug-likeness (QED) is 0.889. The van der Waals surface area contributed by atoms with Crippen LogP contribution < -0.4 is 9.46 Å². The van der Waals surface area contributed by atoms with Crippen LogP contribution in [0.25, 0.3) is 0 Å². The Kier molecular flexibility index (Phi) is 4.80. The second-order valence-electron chi connectivity index (χ2n) is 4.43. The van der Waals surface area contributed by atoms with Gasteiger partial charge in [-0.15, -0.1) is 0 Å². The number of halogens is 1. The van der Waals surface area contributed by atoms with Gasteiger partial charge in [-0.3, -0.25) is 4.72 Å². The molecule has 0 radical (unpaired) electrons. The number of nitrogens with one attached hydrogen (secondary N) is 1. The van der Waals surface area contributed by atoms with Gasteiger partial charge < -0.3 is 4.74 Å². The Labute approximate surface area is 123 Å². The first-order valence-electron chi connectivity index (χ1n) is 6.52. The molecule has 0 heterocycles. The highest BCUT2D eigenvalue weighted by atomic mass is 32.2. The first-order valence-corrected chi connectivity index (χ1v) is 8.01. The molecule has 2 rings (SSSR count). The van der Waals surface area contributed by atoms with Gasteiger partial charge in [-0.05, 0) is 55.0 Å². The van der Waals surface area contributed by atoms with Crippen molar-refractivity contribution in [2.45, 2.75) is 18.2 Å². The molecule has 0 aliphatic carbocycles. The molecular weight excluding hydrogens is 293 g/mol. The van der Waals surface area contributed by atoms with Crippen molar-refractivity contribution in [3.63, 3.8) is 0 Å². The summed E-state index contributed by atoms with van der Waals surface area (Å²) in [6.07, 6.45) is 0.881. The molecular formula is C15H16FNO3S. The van der Waals surface area contributed by atoms with Crippen LogP contribution >= 0.6 is 0 Å².